The maximum atomic E-state index is 12.0. The molecule has 0 bridgehead atoms. The Hall–Kier alpha value is -0.770. The summed E-state index contributed by atoms with van der Waals surface area (Å²) in [6.45, 7) is 5.67. The lowest BCUT2D eigenvalue weighted by Crippen LogP contribution is -2.40. The van der Waals surface area contributed by atoms with Crippen molar-refractivity contribution >= 4 is 22.0 Å². The minimum atomic E-state index is -0.449. The van der Waals surface area contributed by atoms with Crippen LogP contribution in [0.5, 0.6) is 0 Å². The molecule has 2 aliphatic carbocycles. The third kappa shape index (κ3) is 4.37. The molecule has 0 saturated heterocycles. The molecule has 0 fully saturated rings. The number of halogens is 1. The molecule has 0 aromatic rings. The predicted octanol–water partition coefficient (Wildman–Crippen LogP) is 4.47. The molecular formula is C16H24BrNO2. The molecule has 2 rings (SSSR count). The van der Waals surface area contributed by atoms with Crippen LogP contribution in [0.3, 0.4) is 0 Å². The molecule has 1 N–H and O–H groups in total. The minimum Gasteiger partial charge on any atom is -0.444 e. The molecule has 1 amide bonds. The van der Waals surface area contributed by atoms with Crippen molar-refractivity contribution in [2.24, 2.45) is 0 Å². The Kier molecular flexibility index (Phi) is 4.95. The van der Waals surface area contributed by atoms with Crippen molar-refractivity contribution in [1.82, 2.24) is 5.32 Å². The second-order valence-corrected chi connectivity index (χ2v) is 7.76. The minimum absolute atomic E-state index is 0.0959. The van der Waals surface area contributed by atoms with Gasteiger partial charge in [-0.2, -0.15) is 0 Å². The number of nitrogens with one attached hydrogen (secondary N) is 1. The van der Waals surface area contributed by atoms with Gasteiger partial charge in [-0.15, -0.1) is 0 Å². The fourth-order valence-corrected chi connectivity index (χ4v) is 3.34. The first-order valence-electron chi connectivity index (χ1n) is 7.39. The van der Waals surface area contributed by atoms with Crippen LogP contribution in [0.15, 0.2) is 23.3 Å². The Balaban J connectivity index is 2.08. The van der Waals surface area contributed by atoms with Crippen molar-refractivity contribution in [2.45, 2.75) is 69.3 Å². The summed E-state index contributed by atoms with van der Waals surface area (Å²) < 4.78 is 5.38. The van der Waals surface area contributed by atoms with Crippen LogP contribution in [0.25, 0.3) is 0 Å². The van der Waals surface area contributed by atoms with Crippen molar-refractivity contribution in [2.75, 3.05) is 0 Å². The second kappa shape index (κ2) is 6.33. The molecule has 4 heteroatoms. The molecule has 3 nitrogen and oxygen atoms in total. The van der Waals surface area contributed by atoms with E-state index in [1.54, 1.807) is 0 Å². The number of ether oxygens (including phenoxy) is 1. The lowest BCUT2D eigenvalue weighted by molar-refractivity contribution is 0.0510. The van der Waals surface area contributed by atoms with Gasteiger partial charge in [-0.1, -0.05) is 40.1 Å². The number of carbonyl (C=O) groups is 1. The summed E-state index contributed by atoms with van der Waals surface area (Å²) in [7, 11) is 0. The first kappa shape index (κ1) is 15.6. The van der Waals surface area contributed by atoms with E-state index in [1.807, 2.05) is 20.8 Å². The van der Waals surface area contributed by atoms with Gasteiger partial charge in [0.1, 0.15) is 5.60 Å². The molecule has 2 unspecified atom stereocenters. The monoisotopic (exact) mass is 341 g/mol. The zero-order valence-corrected chi connectivity index (χ0v) is 14.1. The van der Waals surface area contributed by atoms with Gasteiger partial charge in [0.15, 0.2) is 0 Å². The lowest BCUT2D eigenvalue weighted by Gasteiger charge is -2.26. The summed E-state index contributed by atoms with van der Waals surface area (Å²) in [6, 6.07) is 0.0959. The number of carbonyl (C=O) groups excluding carboxylic acids is 1. The van der Waals surface area contributed by atoms with E-state index in [4.69, 9.17) is 4.74 Å². The number of rotatable bonds is 1. The van der Waals surface area contributed by atoms with E-state index < -0.39 is 5.60 Å². The molecule has 20 heavy (non-hydrogen) atoms. The Labute approximate surface area is 130 Å². The Bertz CT molecular complexity index is 434. The molecule has 0 heterocycles. The maximum Gasteiger partial charge on any atom is 0.408 e. The first-order chi connectivity index (χ1) is 9.35. The van der Waals surface area contributed by atoms with E-state index in [0.717, 1.165) is 25.7 Å². The zero-order chi connectivity index (χ0) is 14.8. The summed E-state index contributed by atoms with van der Waals surface area (Å²) in [4.78, 5) is 12.4. The van der Waals surface area contributed by atoms with Gasteiger partial charge in [-0.3, -0.25) is 0 Å². The first-order valence-corrected chi connectivity index (χ1v) is 8.30. The van der Waals surface area contributed by atoms with Crippen molar-refractivity contribution in [3.63, 3.8) is 0 Å². The highest BCUT2D eigenvalue weighted by Gasteiger charge is 2.26. The van der Waals surface area contributed by atoms with Crippen molar-refractivity contribution in [3.8, 4) is 0 Å². The maximum absolute atomic E-state index is 12.0. The molecule has 2 aliphatic rings. The highest BCUT2D eigenvalue weighted by Crippen LogP contribution is 2.33. The zero-order valence-electron chi connectivity index (χ0n) is 12.5. The standard InChI is InChI=1S/C16H24BrNO2/c1-16(2,3)20-15(19)18-14-7-5-4-6-11-10-12(17)8-9-13(11)14/h8-9,12,14H,4-7,10H2,1-3H3,(H,18,19). The molecular weight excluding hydrogens is 318 g/mol. The van der Waals surface area contributed by atoms with Gasteiger partial charge < -0.3 is 10.1 Å². The fraction of sp³-hybridized carbons (Fsp3) is 0.688. The summed E-state index contributed by atoms with van der Waals surface area (Å²) in [5, 5.41) is 3.04. The van der Waals surface area contributed by atoms with E-state index in [1.165, 1.54) is 17.6 Å². The Morgan fingerprint density at radius 1 is 1.40 bits per heavy atom. The van der Waals surface area contributed by atoms with E-state index in [9.17, 15) is 4.79 Å². The highest BCUT2D eigenvalue weighted by atomic mass is 79.9. The molecule has 0 saturated carbocycles. The van der Waals surface area contributed by atoms with Crippen LogP contribution >= 0.6 is 15.9 Å². The molecule has 2 atom stereocenters. The van der Waals surface area contributed by atoms with Crippen molar-refractivity contribution < 1.29 is 9.53 Å². The smallest absolute Gasteiger partial charge is 0.408 e. The van der Waals surface area contributed by atoms with Gasteiger partial charge >= 0.3 is 6.09 Å². The predicted molar refractivity (Wildman–Crippen MR) is 85.1 cm³/mol. The molecule has 0 aliphatic heterocycles. The number of alkyl halides is 1. The molecule has 0 aromatic heterocycles. The van der Waals surface area contributed by atoms with Crippen LogP contribution in [0.2, 0.25) is 0 Å². The summed E-state index contributed by atoms with van der Waals surface area (Å²) in [6.07, 6.45) is 9.58. The molecule has 0 aromatic carbocycles. The van der Waals surface area contributed by atoms with Crippen molar-refractivity contribution in [1.29, 1.82) is 0 Å². The van der Waals surface area contributed by atoms with Gasteiger partial charge in [0.2, 0.25) is 0 Å². The summed E-state index contributed by atoms with van der Waals surface area (Å²) in [5.41, 5.74) is 2.33. The summed E-state index contributed by atoms with van der Waals surface area (Å²) in [5.74, 6) is 0. The lowest BCUT2D eigenvalue weighted by atomic mass is 9.91. The largest absolute Gasteiger partial charge is 0.444 e. The van der Waals surface area contributed by atoms with Gasteiger partial charge in [-0.05, 0) is 52.0 Å². The van der Waals surface area contributed by atoms with Gasteiger partial charge in [0.25, 0.3) is 0 Å². The van der Waals surface area contributed by atoms with E-state index in [2.05, 4.69) is 33.4 Å². The molecule has 112 valence electrons. The van der Waals surface area contributed by atoms with E-state index >= 15 is 0 Å². The highest BCUT2D eigenvalue weighted by molar-refractivity contribution is 9.09. The van der Waals surface area contributed by atoms with Crippen LogP contribution in [0.1, 0.15) is 52.9 Å². The van der Waals surface area contributed by atoms with Gasteiger partial charge in [0, 0.05) is 4.83 Å². The average molecular weight is 342 g/mol. The van der Waals surface area contributed by atoms with Gasteiger partial charge in [0.05, 0.1) is 6.04 Å². The number of allylic oxidation sites excluding steroid dienone is 2. The van der Waals surface area contributed by atoms with Crippen LogP contribution in [-0.4, -0.2) is 22.6 Å². The van der Waals surface area contributed by atoms with Crippen LogP contribution in [-0.2, 0) is 4.74 Å². The third-order valence-electron chi connectivity index (χ3n) is 3.62. The van der Waals surface area contributed by atoms with Crippen LogP contribution < -0.4 is 5.32 Å². The van der Waals surface area contributed by atoms with Crippen LogP contribution in [0, 0.1) is 0 Å². The van der Waals surface area contributed by atoms with Crippen LogP contribution in [0.4, 0.5) is 4.79 Å². The topological polar surface area (TPSA) is 38.3 Å². The molecule has 0 radical (unpaired) electrons. The fourth-order valence-electron chi connectivity index (χ4n) is 2.80. The number of hydrogen-bond acceptors (Lipinski definition) is 2. The number of alkyl carbamates (subject to hydrolysis) is 1. The normalized spacial score (nSPS) is 26.8. The Morgan fingerprint density at radius 2 is 2.15 bits per heavy atom. The number of hydrogen-bond donors (Lipinski definition) is 1. The summed E-state index contributed by atoms with van der Waals surface area (Å²) >= 11 is 3.65. The quantitative estimate of drug-likeness (QED) is 0.714. The second-order valence-electron chi connectivity index (χ2n) is 6.58. The average Bonchev–Trinajstić information content (AvgIpc) is 2.49. The van der Waals surface area contributed by atoms with E-state index in [-0.39, 0.29) is 12.1 Å². The number of amides is 1. The Morgan fingerprint density at radius 3 is 2.85 bits per heavy atom. The van der Waals surface area contributed by atoms with Crippen molar-refractivity contribution in [3.05, 3.63) is 23.3 Å². The van der Waals surface area contributed by atoms with E-state index in [0.29, 0.717) is 4.83 Å². The third-order valence-corrected chi connectivity index (χ3v) is 4.25. The van der Waals surface area contributed by atoms with Gasteiger partial charge in [-0.25, -0.2) is 4.79 Å². The SMILES string of the molecule is CC(C)(C)OC(=O)NC1CCCCC2=C1C=CC(Br)C2. The molecule has 0 spiro atoms.